The van der Waals surface area contributed by atoms with Gasteiger partial charge in [0, 0.05) is 30.4 Å². The Morgan fingerprint density at radius 3 is 2.55 bits per heavy atom. The maximum absolute atomic E-state index is 11.8. The number of ether oxygens (including phenoxy) is 1. The summed E-state index contributed by atoms with van der Waals surface area (Å²) in [5, 5.41) is 2.63. The van der Waals surface area contributed by atoms with Gasteiger partial charge < -0.3 is 10.1 Å². The molecule has 0 saturated carbocycles. The summed E-state index contributed by atoms with van der Waals surface area (Å²) < 4.78 is 5.10. The molecule has 1 heterocycles. The fourth-order valence-electron chi connectivity index (χ4n) is 1.53. The fourth-order valence-corrected chi connectivity index (χ4v) is 1.53. The average molecular weight is 278 g/mol. The molecular weight excluding hydrogens is 256 g/mol. The maximum atomic E-state index is 11.8. The summed E-state index contributed by atoms with van der Waals surface area (Å²) in [6, 6.07) is 3.58. The Bertz CT molecular complexity index is 461. The number of rotatable bonds is 5. The Labute approximate surface area is 119 Å². The minimum Gasteiger partial charge on any atom is -0.444 e. The second-order valence-corrected chi connectivity index (χ2v) is 5.64. The van der Waals surface area contributed by atoms with Gasteiger partial charge in [-0.3, -0.25) is 9.78 Å². The molecule has 1 aromatic rings. The molecule has 0 bridgehead atoms. The molecule has 0 spiro atoms. The lowest BCUT2D eigenvalue weighted by Gasteiger charge is -2.19. The second-order valence-electron chi connectivity index (χ2n) is 5.64. The molecule has 0 saturated heterocycles. The number of alkyl carbamates (subject to hydrolysis) is 1. The first kappa shape index (κ1) is 16.1. The van der Waals surface area contributed by atoms with Gasteiger partial charge in [0.05, 0.1) is 0 Å². The van der Waals surface area contributed by atoms with Crippen molar-refractivity contribution in [1.29, 1.82) is 0 Å². The number of nitrogens with one attached hydrogen (secondary N) is 1. The summed E-state index contributed by atoms with van der Waals surface area (Å²) in [6.45, 7) is 7.71. The third-order valence-corrected chi connectivity index (χ3v) is 2.48. The molecular formula is C15H22N2O3. The van der Waals surface area contributed by atoms with Crippen molar-refractivity contribution in [2.45, 2.75) is 46.1 Å². The molecule has 1 amide bonds. The lowest BCUT2D eigenvalue weighted by Crippen LogP contribution is -2.33. The van der Waals surface area contributed by atoms with Crippen molar-refractivity contribution in [3.05, 3.63) is 29.6 Å². The molecule has 0 fully saturated rings. The first-order valence-corrected chi connectivity index (χ1v) is 6.70. The molecule has 0 aliphatic heterocycles. The van der Waals surface area contributed by atoms with Crippen molar-refractivity contribution in [2.24, 2.45) is 0 Å². The van der Waals surface area contributed by atoms with Crippen molar-refractivity contribution in [2.75, 3.05) is 6.54 Å². The maximum Gasteiger partial charge on any atom is 0.407 e. The van der Waals surface area contributed by atoms with Crippen LogP contribution in [0.1, 0.15) is 49.7 Å². The lowest BCUT2D eigenvalue weighted by atomic mass is 10.1. The number of nitrogens with zero attached hydrogens (tertiary/aromatic N) is 1. The highest BCUT2D eigenvalue weighted by molar-refractivity contribution is 5.95. The largest absolute Gasteiger partial charge is 0.444 e. The summed E-state index contributed by atoms with van der Waals surface area (Å²) in [5.41, 5.74) is 0.981. The van der Waals surface area contributed by atoms with Gasteiger partial charge in [0.2, 0.25) is 0 Å². The second kappa shape index (κ2) is 7.03. The molecule has 110 valence electrons. The van der Waals surface area contributed by atoms with Crippen LogP contribution in [-0.4, -0.2) is 29.0 Å². The fraction of sp³-hybridized carbons (Fsp3) is 0.533. The van der Waals surface area contributed by atoms with Crippen molar-refractivity contribution in [3.8, 4) is 0 Å². The predicted molar refractivity (Wildman–Crippen MR) is 76.8 cm³/mol. The lowest BCUT2D eigenvalue weighted by molar-refractivity contribution is 0.0525. The van der Waals surface area contributed by atoms with E-state index in [0.717, 1.165) is 5.69 Å². The predicted octanol–water partition coefficient (Wildman–Crippen LogP) is 2.88. The number of pyridine rings is 1. The zero-order valence-electron chi connectivity index (χ0n) is 12.5. The number of hydrogen-bond acceptors (Lipinski definition) is 4. The third-order valence-electron chi connectivity index (χ3n) is 2.48. The Morgan fingerprint density at radius 1 is 1.30 bits per heavy atom. The minimum absolute atomic E-state index is 0.0310. The van der Waals surface area contributed by atoms with Crippen LogP contribution in [0.25, 0.3) is 0 Å². The summed E-state index contributed by atoms with van der Waals surface area (Å²) >= 11 is 0. The molecule has 0 aromatic carbocycles. The first-order chi connectivity index (χ1) is 9.28. The van der Waals surface area contributed by atoms with Crippen molar-refractivity contribution in [1.82, 2.24) is 10.3 Å². The highest BCUT2D eigenvalue weighted by Crippen LogP contribution is 2.07. The van der Waals surface area contributed by atoms with Gasteiger partial charge in [-0.15, -0.1) is 0 Å². The van der Waals surface area contributed by atoms with Crippen LogP contribution in [0.3, 0.4) is 0 Å². The molecule has 0 radical (unpaired) electrons. The average Bonchev–Trinajstić information content (AvgIpc) is 2.33. The van der Waals surface area contributed by atoms with E-state index in [4.69, 9.17) is 4.74 Å². The number of amides is 1. The molecule has 0 aliphatic carbocycles. The number of Topliss-reactive ketones (excluding diaryl/α,β-unsaturated/α-hetero) is 1. The van der Waals surface area contributed by atoms with Crippen LogP contribution in [0, 0.1) is 6.92 Å². The monoisotopic (exact) mass is 278 g/mol. The van der Waals surface area contributed by atoms with E-state index in [1.165, 1.54) is 0 Å². The van der Waals surface area contributed by atoms with Crippen LogP contribution < -0.4 is 5.32 Å². The highest BCUT2D eigenvalue weighted by Gasteiger charge is 2.15. The van der Waals surface area contributed by atoms with E-state index < -0.39 is 11.7 Å². The van der Waals surface area contributed by atoms with Gasteiger partial charge in [0.15, 0.2) is 5.78 Å². The third kappa shape index (κ3) is 6.31. The van der Waals surface area contributed by atoms with Gasteiger partial charge in [-0.05, 0) is 46.2 Å². The number of carbonyl (C=O) groups excluding carboxylic acids is 2. The van der Waals surface area contributed by atoms with Gasteiger partial charge in [-0.25, -0.2) is 4.79 Å². The smallest absolute Gasteiger partial charge is 0.407 e. The Kier molecular flexibility index (Phi) is 5.67. The summed E-state index contributed by atoms with van der Waals surface area (Å²) in [6.07, 6.45) is 2.08. The van der Waals surface area contributed by atoms with E-state index in [1.807, 2.05) is 13.0 Å². The van der Waals surface area contributed by atoms with Gasteiger partial charge in [0.25, 0.3) is 0 Å². The van der Waals surface area contributed by atoms with Crippen molar-refractivity contribution >= 4 is 11.9 Å². The number of hydrogen-bond donors (Lipinski definition) is 1. The van der Waals surface area contributed by atoms with Crippen LogP contribution in [0.2, 0.25) is 0 Å². The normalized spacial score (nSPS) is 11.0. The molecule has 0 aliphatic rings. The summed E-state index contributed by atoms with van der Waals surface area (Å²) in [7, 11) is 0. The van der Waals surface area contributed by atoms with E-state index in [-0.39, 0.29) is 5.78 Å². The van der Waals surface area contributed by atoms with Crippen LogP contribution >= 0.6 is 0 Å². The minimum atomic E-state index is -0.506. The van der Waals surface area contributed by atoms with E-state index in [2.05, 4.69) is 10.3 Å². The standard InChI is InChI=1S/C15H22N2O3/c1-11-7-8-12(10-17-11)13(18)6-5-9-16-14(19)20-15(2,3)4/h7-8,10H,5-6,9H2,1-4H3,(H,16,19). The zero-order chi connectivity index (χ0) is 15.2. The molecule has 1 aromatic heterocycles. The highest BCUT2D eigenvalue weighted by atomic mass is 16.6. The van der Waals surface area contributed by atoms with E-state index >= 15 is 0 Å². The van der Waals surface area contributed by atoms with Gasteiger partial charge in [-0.2, -0.15) is 0 Å². The molecule has 0 atom stereocenters. The van der Waals surface area contributed by atoms with Gasteiger partial charge in [0.1, 0.15) is 5.60 Å². The number of ketones is 1. The topological polar surface area (TPSA) is 68.3 Å². The molecule has 5 nitrogen and oxygen atoms in total. The number of carbonyl (C=O) groups is 2. The van der Waals surface area contributed by atoms with Crippen molar-refractivity contribution in [3.63, 3.8) is 0 Å². The first-order valence-electron chi connectivity index (χ1n) is 6.70. The zero-order valence-corrected chi connectivity index (χ0v) is 12.5. The quantitative estimate of drug-likeness (QED) is 0.664. The summed E-state index contributed by atoms with van der Waals surface area (Å²) in [5.74, 6) is 0.0310. The number of aromatic nitrogens is 1. The molecule has 20 heavy (non-hydrogen) atoms. The Hall–Kier alpha value is -1.91. The Morgan fingerprint density at radius 2 is 2.00 bits per heavy atom. The summed E-state index contributed by atoms with van der Waals surface area (Å²) in [4.78, 5) is 27.3. The molecule has 5 heteroatoms. The van der Waals surface area contributed by atoms with E-state index in [9.17, 15) is 9.59 Å². The SMILES string of the molecule is Cc1ccc(C(=O)CCCNC(=O)OC(C)(C)C)cn1. The van der Waals surface area contributed by atoms with Gasteiger partial charge in [-0.1, -0.05) is 0 Å². The molecule has 1 rings (SSSR count). The van der Waals surface area contributed by atoms with E-state index in [0.29, 0.717) is 24.9 Å². The molecule has 0 unspecified atom stereocenters. The van der Waals surface area contributed by atoms with Crippen LogP contribution in [0.5, 0.6) is 0 Å². The Balaban J connectivity index is 2.26. The van der Waals surface area contributed by atoms with Crippen molar-refractivity contribution < 1.29 is 14.3 Å². The number of aryl methyl sites for hydroxylation is 1. The van der Waals surface area contributed by atoms with Crippen LogP contribution in [-0.2, 0) is 4.74 Å². The van der Waals surface area contributed by atoms with Crippen LogP contribution in [0.4, 0.5) is 4.79 Å². The van der Waals surface area contributed by atoms with Gasteiger partial charge >= 0.3 is 6.09 Å². The van der Waals surface area contributed by atoms with Crippen LogP contribution in [0.15, 0.2) is 18.3 Å². The van der Waals surface area contributed by atoms with E-state index in [1.54, 1.807) is 33.0 Å². The molecule has 1 N–H and O–H groups in total.